The fraction of sp³-hybridized carbons (Fsp3) is 0.909. The number of hydrogen-bond donors (Lipinski definition) is 1. The van der Waals surface area contributed by atoms with E-state index >= 15 is 0 Å². The molecule has 0 aromatic carbocycles. The highest BCUT2D eigenvalue weighted by molar-refractivity contribution is 5.76. The molecule has 14 heavy (non-hydrogen) atoms. The molecule has 2 rings (SSSR count). The zero-order valence-corrected chi connectivity index (χ0v) is 9.18. The summed E-state index contributed by atoms with van der Waals surface area (Å²) in [4.78, 5) is 13.4. The average molecular weight is 196 g/mol. The maximum Gasteiger partial charge on any atom is 0.317 e. The number of nitrogens with one attached hydrogen (secondary N) is 1. The highest BCUT2D eigenvalue weighted by Crippen LogP contribution is 2.42. The molecule has 1 saturated heterocycles. The molecule has 1 atom stereocenters. The van der Waals surface area contributed by atoms with E-state index in [1.807, 2.05) is 4.90 Å². The van der Waals surface area contributed by atoms with Gasteiger partial charge in [0.1, 0.15) is 0 Å². The smallest absolute Gasteiger partial charge is 0.317 e. The molecule has 2 amide bonds. The van der Waals surface area contributed by atoms with E-state index in [4.69, 9.17) is 0 Å². The summed E-state index contributed by atoms with van der Waals surface area (Å²) in [6.45, 7) is 7.34. The maximum atomic E-state index is 11.4. The normalized spacial score (nSPS) is 30.9. The van der Waals surface area contributed by atoms with Crippen LogP contribution < -0.4 is 5.32 Å². The lowest BCUT2D eigenvalue weighted by Crippen LogP contribution is -2.36. The minimum atomic E-state index is 0.132. The summed E-state index contributed by atoms with van der Waals surface area (Å²) in [6.07, 6.45) is 3.93. The minimum Gasteiger partial charge on any atom is -0.336 e. The highest BCUT2D eigenvalue weighted by atomic mass is 16.2. The molecule has 80 valence electrons. The van der Waals surface area contributed by atoms with E-state index in [2.05, 4.69) is 19.2 Å². The van der Waals surface area contributed by atoms with Crippen LogP contribution in [0.5, 0.6) is 0 Å². The Morgan fingerprint density at radius 2 is 2.36 bits per heavy atom. The van der Waals surface area contributed by atoms with Crippen molar-refractivity contribution in [3.63, 3.8) is 0 Å². The van der Waals surface area contributed by atoms with Gasteiger partial charge in [0.2, 0.25) is 0 Å². The zero-order valence-electron chi connectivity index (χ0n) is 9.18. The lowest BCUT2D eigenvalue weighted by Gasteiger charge is -2.30. The molecule has 0 aromatic heterocycles. The molecule has 1 N–H and O–H groups in total. The highest BCUT2D eigenvalue weighted by Gasteiger charge is 2.36. The van der Waals surface area contributed by atoms with Crippen molar-refractivity contribution in [2.24, 2.45) is 11.3 Å². The van der Waals surface area contributed by atoms with Crippen molar-refractivity contribution < 1.29 is 4.79 Å². The molecule has 0 radical (unpaired) electrons. The molecule has 3 nitrogen and oxygen atoms in total. The van der Waals surface area contributed by atoms with E-state index in [0.29, 0.717) is 11.3 Å². The SMILES string of the molecule is CC1(C)CCCC1CN1CCNC1=O. The Morgan fingerprint density at radius 3 is 2.86 bits per heavy atom. The number of nitrogens with zero attached hydrogens (tertiary/aromatic N) is 1. The number of rotatable bonds is 2. The zero-order chi connectivity index (χ0) is 10.2. The number of carbonyl (C=O) groups excluding carboxylic acids is 1. The number of hydrogen-bond acceptors (Lipinski definition) is 1. The first-order valence-corrected chi connectivity index (χ1v) is 5.62. The van der Waals surface area contributed by atoms with Gasteiger partial charge in [0.15, 0.2) is 0 Å². The molecule has 0 spiro atoms. The first-order chi connectivity index (χ1) is 6.59. The molecule has 2 fully saturated rings. The standard InChI is InChI=1S/C11H20N2O/c1-11(2)5-3-4-9(11)8-13-7-6-12-10(13)14/h9H,3-8H2,1-2H3,(H,12,14). The summed E-state index contributed by atoms with van der Waals surface area (Å²) in [5.74, 6) is 0.700. The van der Waals surface area contributed by atoms with Gasteiger partial charge >= 0.3 is 6.03 Å². The van der Waals surface area contributed by atoms with Crippen LogP contribution in [0.2, 0.25) is 0 Å². The molecule has 0 aromatic rings. The van der Waals surface area contributed by atoms with Crippen LogP contribution in [0.1, 0.15) is 33.1 Å². The van der Waals surface area contributed by atoms with Crippen LogP contribution in [0.15, 0.2) is 0 Å². The third kappa shape index (κ3) is 1.72. The van der Waals surface area contributed by atoms with Gasteiger partial charge in [-0.15, -0.1) is 0 Å². The van der Waals surface area contributed by atoms with E-state index in [9.17, 15) is 4.79 Å². The summed E-state index contributed by atoms with van der Waals surface area (Å²) in [7, 11) is 0. The van der Waals surface area contributed by atoms with E-state index < -0.39 is 0 Å². The first kappa shape index (κ1) is 9.81. The molecule has 3 heteroatoms. The van der Waals surface area contributed by atoms with Gasteiger partial charge in [-0.3, -0.25) is 0 Å². The van der Waals surface area contributed by atoms with Crippen LogP contribution in [0, 0.1) is 11.3 Å². The summed E-state index contributed by atoms with van der Waals surface area (Å²) in [6, 6.07) is 0.132. The molecular weight excluding hydrogens is 176 g/mol. The predicted molar refractivity (Wildman–Crippen MR) is 56.1 cm³/mol. The van der Waals surface area contributed by atoms with Crippen molar-refractivity contribution >= 4 is 6.03 Å². The Kier molecular flexibility index (Phi) is 2.41. The summed E-state index contributed by atoms with van der Waals surface area (Å²) < 4.78 is 0. The fourth-order valence-electron chi connectivity index (χ4n) is 2.69. The number of urea groups is 1. The van der Waals surface area contributed by atoms with Gasteiger partial charge < -0.3 is 10.2 Å². The predicted octanol–water partition coefficient (Wildman–Crippen LogP) is 1.84. The van der Waals surface area contributed by atoms with Gasteiger partial charge in [-0.25, -0.2) is 4.79 Å². The largest absolute Gasteiger partial charge is 0.336 e. The van der Waals surface area contributed by atoms with Crippen LogP contribution in [-0.4, -0.2) is 30.6 Å². The Hall–Kier alpha value is -0.730. The van der Waals surface area contributed by atoms with Gasteiger partial charge in [-0.2, -0.15) is 0 Å². The topological polar surface area (TPSA) is 32.3 Å². The fourth-order valence-corrected chi connectivity index (χ4v) is 2.69. The van der Waals surface area contributed by atoms with E-state index in [1.165, 1.54) is 19.3 Å². The minimum absolute atomic E-state index is 0.132. The maximum absolute atomic E-state index is 11.4. The van der Waals surface area contributed by atoms with E-state index in [-0.39, 0.29) is 6.03 Å². The van der Waals surface area contributed by atoms with Gasteiger partial charge in [-0.05, 0) is 24.2 Å². The van der Waals surface area contributed by atoms with Crippen molar-refractivity contribution in [1.29, 1.82) is 0 Å². The van der Waals surface area contributed by atoms with Crippen LogP contribution in [0.4, 0.5) is 4.79 Å². The van der Waals surface area contributed by atoms with Crippen molar-refractivity contribution in [3.8, 4) is 0 Å². The molecule has 1 unspecified atom stereocenters. The second-order valence-electron chi connectivity index (χ2n) is 5.26. The van der Waals surface area contributed by atoms with Crippen LogP contribution in [-0.2, 0) is 0 Å². The van der Waals surface area contributed by atoms with Crippen molar-refractivity contribution in [2.45, 2.75) is 33.1 Å². The third-order valence-electron chi connectivity index (χ3n) is 3.86. The lowest BCUT2D eigenvalue weighted by atomic mass is 9.81. The monoisotopic (exact) mass is 196 g/mol. The second-order valence-corrected chi connectivity index (χ2v) is 5.26. The summed E-state index contributed by atoms with van der Waals surface area (Å²) >= 11 is 0. The van der Waals surface area contributed by atoms with Crippen molar-refractivity contribution in [3.05, 3.63) is 0 Å². The third-order valence-corrected chi connectivity index (χ3v) is 3.86. The van der Waals surface area contributed by atoms with Crippen molar-refractivity contribution in [1.82, 2.24) is 10.2 Å². The van der Waals surface area contributed by atoms with Crippen LogP contribution >= 0.6 is 0 Å². The van der Waals surface area contributed by atoms with Crippen molar-refractivity contribution in [2.75, 3.05) is 19.6 Å². The Morgan fingerprint density at radius 1 is 1.57 bits per heavy atom. The lowest BCUT2D eigenvalue weighted by molar-refractivity contribution is 0.177. The molecule has 2 aliphatic rings. The van der Waals surface area contributed by atoms with Crippen LogP contribution in [0.3, 0.4) is 0 Å². The number of carbonyl (C=O) groups is 1. The van der Waals surface area contributed by atoms with Gasteiger partial charge in [-0.1, -0.05) is 20.3 Å². The number of amides is 2. The Balaban J connectivity index is 1.93. The van der Waals surface area contributed by atoms with Crippen LogP contribution in [0.25, 0.3) is 0 Å². The summed E-state index contributed by atoms with van der Waals surface area (Å²) in [5, 5.41) is 2.86. The second kappa shape index (κ2) is 3.44. The van der Waals surface area contributed by atoms with Gasteiger partial charge in [0.25, 0.3) is 0 Å². The average Bonchev–Trinajstić information content (AvgIpc) is 2.62. The summed E-state index contributed by atoms with van der Waals surface area (Å²) in [5.41, 5.74) is 0.433. The van der Waals surface area contributed by atoms with E-state index in [0.717, 1.165) is 19.6 Å². The van der Waals surface area contributed by atoms with Gasteiger partial charge in [0, 0.05) is 19.6 Å². The van der Waals surface area contributed by atoms with Gasteiger partial charge in [0.05, 0.1) is 0 Å². The molecule has 0 bridgehead atoms. The first-order valence-electron chi connectivity index (χ1n) is 5.62. The Bertz CT molecular complexity index is 237. The molecular formula is C11H20N2O. The molecule has 1 heterocycles. The Labute approximate surface area is 85.8 Å². The van der Waals surface area contributed by atoms with E-state index in [1.54, 1.807) is 0 Å². The molecule has 1 saturated carbocycles. The molecule has 1 aliphatic heterocycles. The quantitative estimate of drug-likeness (QED) is 0.718. The molecule has 1 aliphatic carbocycles.